The number of halogens is 3. The van der Waals surface area contributed by atoms with Gasteiger partial charge in [0.15, 0.2) is 11.6 Å². The van der Waals surface area contributed by atoms with E-state index >= 15 is 0 Å². The molecule has 0 aliphatic rings. The smallest absolute Gasteiger partial charge is 0.261 e. The van der Waals surface area contributed by atoms with Crippen LogP contribution >= 0.6 is 0 Å². The van der Waals surface area contributed by atoms with Crippen LogP contribution in [0, 0.1) is 17.5 Å². The third-order valence-electron chi connectivity index (χ3n) is 1.94. The lowest BCUT2D eigenvalue weighted by Gasteiger charge is -2.07. The van der Waals surface area contributed by atoms with Gasteiger partial charge in [0.05, 0.1) is 6.20 Å². The van der Waals surface area contributed by atoms with E-state index in [0.29, 0.717) is 0 Å². The van der Waals surface area contributed by atoms with Crippen LogP contribution in [-0.2, 0) is 0 Å². The Hall–Kier alpha value is -2.35. The van der Waals surface area contributed by atoms with Crippen molar-refractivity contribution in [1.29, 1.82) is 0 Å². The third-order valence-corrected chi connectivity index (χ3v) is 1.94. The van der Waals surface area contributed by atoms with Gasteiger partial charge in [-0.2, -0.15) is 9.37 Å². The highest BCUT2D eigenvalue weighted by Crippen LogP contribution is 2.25. The summed E-state index contributed by atoms with van der Waals surface area (Å²) in [5, 5.41) is 0. The van der Waals surface area contributed by atoms with Crippen molar-refractivity contribution in [3.05, 3.63) is 41.8 Å². The maximum atomic E-state index is 13.3. The molecule has 0 amide bonds. The highest BCUT2D eigenvalue weighted by Gasteiger charge is 2.12. The Bertz CT molecular complexity index is 579. The maximum Gasteiger partial charge on any atom is 0.261 e. The van der Waals surface area contributed by atoms with Crippen LogP contribution in [0.15, 0.2) is 24.4 Å². The Balaban J connectivity index is 2.36. The fourth-order valence-corrected chi connectivity index (χ4v) is 1.15. The highest BCUT2D eigenvalue weighted by atomic mass is 19.1. The quantitative estimate of drug-likeness (QED) is 0.648. The van der Waals surface area contributed by atoms with Crippen LogP contribution in [-0.4, -0.2) is 9.97 Å². The van der Waals surface area contributed by atoms with E-state index in [1.54, 1.807) is 0 Å². The topological polar surface area (TPSA) is 73.1 Å². The maximum absolute atomic E-state index is 13.3. The Morgan fingerprint density at radius 1 is 1.17 bits per heavy atom. The molecule has 0 aliphatic heterocycles. The van der Waals surface area contributed by atoms with E-state index in [0.717, 1.165) is 24.4 Å². The zero-order chi connectivity index (χ0) is 13.1. The van der Waals surface area contributed by atoms with Gasteiger partial charge in [-0.3, -0.25) is 5.43 Å². The van der Waals surface area contributed by atoms with E-state index in [1.165, 1.54) is 0 Å². The highest BCUT2D eigenvalue weighted by molar-refractivity contribution is 5.32. The first-order valence-corrected chi connectivity index (χ1v) is 4.72. The first-order valence-electron chi connectivity index (χ1n) is 4.72. The van der Waals surface area contributed by atoms with Crippen LogP contribution in [0.3, 0.4) is 0 Å². The van der Waals surface area contributed by atoms with Crippen LogP contribution in [0.2, 0.25) is 0 Å². The number of hydrogen-bond donors (Lipinski definition) is 2. The van der Waals surface area contributed by atoms with Crippen LogP contribution in [0.1, 0.15) is 0 Å². The molecule has 2 aromatic rings. The van der Waals surface area contributed by atoms with E-state index in [4.69, 9.17) is 10.6 Å². The van der Waals surface area contributed by atoms with Crippen molar-refractivity contribution in [2.24, 2.45) is 5.84 Å². The summed E-state index contributed by atoms with van der Waals surface area (Å²) < 4.78 is 44.3. The van der Waals surface area contributed by atoms with E-state index in [2.05, 4.69) is 15.4 Å². The average Bonchev–Trinajstić information content (AvgIpc) is 2.36. The predicted molar refractivity (Wildman–Crippen MR) is 56.2 cm³/mol. The molecule has 0 spiro atoms. The second-order valence-electron chi connectivity index (χ2n) is 3.17. The van der Waals surface area contributed by atoms with Crippen molar-refractivity contribution in [1.82, 2.24) is 9.97 Å². The number of nitrogen functional groups attached to an aromatic ring is 1. The van der Waals surface area contributed by atoms with Gasteiger partial charge in [0.25, 0.3) is 5.88 Å². The number of rotatable bonds is 3. The fraction of sp³-hybridized carbons (Fsp3) is 0. The summed E-state index contributed by atoms with van der Waals surface area (Å²) in [6.07, 6.45) is 0.786. The standard InChI is InChI=1S/C10H7F3N4O/c11-5-1-2-6(12)8(3-5)18-9-7(13)4-15-10(16-9)17-14/h1-4H,14H2,(H,15,16,17). The van der Waals surface area contributed by atoms with Crippen molar-refractivity contribution < 1.29 is 17.9 Å². The molecule has 8 heteroatoms. The van der Waals surface area contributed by atoms with Crippen molar-refractivity contribution in [2.45, 2.75) is 0 Å². The lowest BCUT2D eigenvalue weighted by atomic mass is 10.3. The number of anilines is 1. The van der Waals surface area contributed by atoms with Gasteiger partial charge in [0, 0.05) is 6.07 Å². The molecular weight excluding hydrogens is 249 g/mol. The first-order chi connectivity index (χ1) is 8.60. The second-order valence-corrected chi connectivity index (χ2v) is 3.17. The van der Waals surface area contributed by atoms with Gasteiger partial charge in [0.1, 0.15) is 5.82 Å². The van der Waals surface area contributed by atoms with E-state index in [9.17, 15) is 13.2 Å². The fourth-order valence-electron chi connectivity index (χ4n) is 1.15. The van der Waals surface area contributed by atoms with Gasteiger partial charge in [-0.15, -0.1) is 0 Å². The predicted octanol–water partition coefficient (Wildman–Crippen LogP) is 1.97. The van der Waals surface area contributed by atoms with E-state index in [-0.39, 0.29) is 5.95 Å². The number of nitrogens with one attached hydrogen (secondary N) is 1. The van der Waals surface area contributed by atoms with Gasteiger partial charge in [0.2, 0.25) is 11.8 Å². The number of nitrogens with two attached hydrogens (primary N) is 1. The van der Waals surface area contributed by atoms with Gasteiger partial charge >= 0.3 is 0 Å². The van der Waals surface area contributed by atoms with E-state index < -0.39 is 29.1 Å². The van der Waals surface area contributed by atoms with Crippen LogP contribution in [0.5, 0.6) is 11.6 Å². The van der Waals surface area contributed by atoms with Crippen molar-refractivity contribution in [3.63, 3.8) is 0 Å². The molecule has 18 heavy (non-hydrogen) atoms. The summed E-state index contributed by atoms with van der Waals surface area (Å²) in [6.45, 7) is 0. The number of hydrogen-bond acceptors (Lipinski definition) is 5. The molecule has 0 radical (unpaired) electrons. The average molecular weight is 256 g/mol. The number of ether oxygens (including phenoxy) is 1. The Morgan fingerprint density at radius 3 is 2.67 bits per heavy atom. The van der Waals surface area contributed by atoms with Crippen LogP contribution < -0.4 is 16.0 Å². The lowest BCUT2D eigenvalue weighted by molar-refractivity contribution is 0.393. The lowest BCUT2D eigenvalue weighted by Crippen LogP contribution is -2.11. The molecule has 0 saturated carbocycles. The number of benzene rings is 1. The molecule has 1 aromatic heterocycles. The molecule has 0 fully saturated rings. The molecule has 1 heterocycles. The number of aromatic nitrogens is 2. The zero-order valence-corrected chi connectivity index (χ0v) is 8.82. The van der Waals surface area contributed by atoms with Gasteiger partial charge < -0.3 is 4.74 Å². The Morgan fingerprint density at radius 2 is 1.94 bits per heavy atom. The summed E-state index contributed by atoms with van der Waals surface area (Å²) in [5.41, 5.74) is 2.07. The number of nitrogens with zero attached hydrogens (tertiary/aromatic N) is 2. The monoisotopic (exact) mass is 256 g/mol. The molecule has 3 N–H and O–H groups in total. The summed E-state index contributed by atoms with van der Waals surface area (Å²) in [5.74, 6) is 1.34. The number of hydrazine groups is 1. The van der Waals surface area contributed by atoms with Crippen LogP contribution in [0.4, 0.5) is 19.1 Å². The molecule has 94 valence electrons. The Kier molecular flexibility index (Phi) is 3.28. The zero-order valence-electron chi connectivity index (χ0n) is 8.82. The molecule has 0 unspecified atom stereocenters. The first kappa shape index (κ1) is 12.1. The largest absolute Gasteiger partial charge is 0.433 e. The molecule has 5 nitrogen and oxygen atoms in total. The molecular formula is C10H7F3N4O. The van der Waals surface area contributed by atoms with Gasteiger partial charge in [-0.1, -0.05) is 0 Å². The van der Waals surface area contributed by atoms with Gasteiger partial charge in [-0.05, 0) is 12.1 Å². The van der Waals surface area contributed by atoms with E-state index in [1.807, 2.05) is 0 Å². The second kappa shape index (κ2) is 4.88. The minimum absolute atomic E-state index is 0.122. The molecule has 0 saturated heterocycles. The molecule has 1 aromatic carbocycles. The SMILES string of the molecule is NNc1ncc(F)c(Oc2cc(F)ccc2F)n1. The molecule has 0 atom stereocenters. The minimum atomic E-state index is -0.933. The molecule has 2 rings (SSSR count). The van der Waals surface area contributed by atoms with Gasteiger partial charge in [-0.25, -0.2) is 19.6 Å². The molecule has 0 aliphatic carbocycles. The van der Waals surface area contributed by atoms with Crippen molar-refractivity contribution in [2.75, 3.05) is 5.43 Å². The minimum Gasteiger partial charge on any atom is -0.433 e. The van der Waals surface area contributed by atoms with Crippen molar-refractivity contribution in [3.8, 4) is 11.6 Å². The third kappa shape index (κ3) is 2.48. The summed E-state index contributed by atoms with van der Waals surface area (Å²) in [7, 11) is 0. The summed E-state index contributed by atoms with van der Waals surface area (Å²) in [6, 6.07) is 2.53. The van der Waals surface area contributed by atoms with Crippen molar-refractivity contribution >= 4 is 5.95 Å². The molecule has 0 bridgehead atoms. The summed E-state index contributed by atoms with van der Waals surface area (Å²) >= 11 is 0. The van der Waals surface area contributed by atoms with Crippen LogP contribution in [0.25, 0.3) is 0 Å². The summed E-state index contributed by atoms with van der Waals surface area (Å²) in [4.78, 5) is 6.99. The normalized spacial score (nSPS) is 10.2. The Labute approximate surface area is 99.4 Å².